The molecular weight excluding hydrogens is 167 g/mol. The Kier molecular flexibility index (Phi) is 4.42. The van der Waals surface area contributed by atoms with Crippen molar-refractivity contribution in [2.24, 2.45) is 0 Å². The summed E-state index contributed by atoms with van der Waals surface area (Å²) >= 11 is 0. The van der Waals surface area contributed by atoms with Gasteiger partial charge in [-0.2, -0.15) is 0 Å². The smallest absolute Gasteiger partial charge is 0.125 e. The van der Waals surface area contributed by atoms with Crippen LogP contribution in [0.5, 0.6) is 5.75 Å². The molecule has 1 rings (SSSR count). The molecule has 1 atom stereocenters. The maximum Gasteiger partial charge on any atom is 0.125 e. The quantitative estimate of drug-likeness (QED) is 0.591. The summed E-state index contributed by atoms with van der Waals surface area (Å²) in [6.45, 7) is 0. The highest BCUT2D eigenvalue weighted by atomic mass is 35.5. The number of benzene rings is 1. The molecule has 1 aromatic rings. The van der Waals surface area contributed by atoms with E-state index in [1.807, 2.05) is 24.3 Å². The number of halogens is 1. The second-order valence-corrected chi connectivity index (χ2v) is 2.36. The molecule has 0 aromatic heterocycles. The van der Waals surface area contributed by atoms with Crippen molar-refractivity contribution in [3.05, 3.63) is 24.3 Å². The molecule has 1 unspecified atom stereocenters. The summed E-state index contributed by atoms with van der Waals surface area (Å²) in [5.41, 5.74) is 0. The number of para-hydroxylation sites is 1. The summed E-state index contributed by atoms with van der Waals surface area (Å²) in [6, 6.07) is 7.85. The Morgan fingerprint density at radius 1 is 1.30 bits per heavy atom. The molecule has 3 heteroatoms. The first-order valence-electron chi connectivity index (χ1n) is 2.73. The topological polar surface area (TPSA) is 9.23 Å². The van der Waals surface area contributed by atoms with Gasteiger partial charge in [-0.15, -0.1) is 21.6 Å². The minimum absolute atomic E-state index is 0. The number of rotatable bonds is 1. The summed E-state index contributed by atoms with van der Waals surface area (Å²) in [4.78, 5) is 0. The number of methoxy groups -OCH3 is 1. The van der Waals surface area contributed by atoms with Crippen LogP contribution in [0.15, 0.2) is 24.3 Å². The minimum Gasteiger partial charge on any atom is -0.496 e. The normalized spacial score (nSPS) is 8.20. The van der Waals surface area contributed by atoms with Gasteiger partial charge in [0.05, 0.1) is 7.11 Å². The van der Waals surface area contributed by atoms with Crippen LogP contribution < -0.4 is 10.0 Å². The molecule has 0 saturated heterocycles. The lowest BCUT2D eigenvalue weighted by Crippen LogP contribution is -1.95. The molecule has 1 nitrogen and oxygen atoms in total. The Morgan fingerprint density at radius 3 is 2.30 bits per heavy atom. The monoisotopic (exact) mass is 176 g/mol. The molecule has 56 valence electrons. The Bertz CT molecular complexity index is 203. The fourth-order valence-electron chi connectivity index (χ4n) is 0.666. The van der Waals surface area contributed by atoms with Crippen molar-refractivity contribution in [3.8, 4) is 5.75 Å². The Labute approximate surface area is 69.4 Å². The molecule has 0 bridgehead atoms. The Balaban J connectivity index is 0.000000810. The molecule has 0 aliphatic heterocycles. The van der Waals surface area contributed by atoms with Crippen molar-refractivity contribution in [1.82, 2.24) is 0 Å². The van der Waals surface area contributed by atoms with Crippen molar-refractivity contribution >= 4 is 27.0 Å². The van der Waals surface area contributed by atoms with Crippen LogP contribution in [-0.2, 0) is 0 Å². The van der Waals surface area contributed by atoms with Crippen LogP contribution in [0.1, 0.15) is 0 Å². The fraction of sp³-hybridized carbons (Fsp3) is 0.143. The Hall–Kier alpha value is -0.260. The zero-order chi connectivity index (χ0) is 6.69. The van der Waals surface area contributed by atoms with E-state index in [9.17, 15) is 0 Å². The van der Waals surface area contributed by atoms with E-state index >= 15 is 0 Å². The van der Waals surface area contributed by atoms with Gasteiger partial charge >= 0.3 is 0 Å². The van der Waals surface area contributed by atoms with Gasteiger partial charge in [0.15, 0.2) is 0 Å². The highest BCUT2D eigenvalue weighted by Crippen LogP contribution is 2.07. The van der Waals surface area contributed by atoms with Crippen LogP contribution in [0.4, 0.5) is 0 Å². The van der Waals surface area contributed by atoms with E-state index in [4.69, 9.17) is 4.74 Å². The highest BCUT2D eigenvalue weighted by molar-refractivity contribution is 7.27. The van der Waals surface area contributed by atoms with Crippen LogP contribution in [-0.4, -0.2) is 7.11 Å². The molecule has 0 heterocycles. The third kappa shape index (κ3) is 2.17. The zero-order valence-corrected chi connectivity index (χ0v) is 7.67. The van der Waals surface area contributed by atoms with Gasteiger partial charge in [0, 0.05) is 5.30 Å². The van der Waals surface area contributed by atoms with Crippen LogP contribution in [0.2, 0.25) is 0 Å². The summed E-state index contributed by atoms with van der Waals surface area (Å²) in [6.07, 6.45) is 0. The lowest BCUT2D eigenvalue weighted by atomic mass is 10.3. The average Bonchev–Trinajstić information content (AvgIpc) is 1.89. The predicted molar refractivity (Wildman–Crippen MR) is 49.6 cm³/mol. The minimum atomic E-state index is 0. The van der Waals surface area contributed by atoms with Gasteiger partial charge in [-0.05, 0) is 6.07 Å². The van der Waals surface area contributed by atoms with Gasteiger partial charge in [0.2, 0.25) is 0 Å². The van der Waals surface area contributed by atoms with Crippen LogP contribution in [0.25, 0.3) is 0 Å². The summed E-state index contributed by atoms with van der Waals surface area (Å²) in [5.74, 6) is 0.919. The molecule has 0 spiro atoms. The molecular formula is C7H10ClOP. The maximum absolute atomic E-state index is 5.02. The van der Waals surface area contributed by atoms with E-state index in [1.165, 1.54) is 0 Å². The van der Waals surface area contributed by atoms with Gasteiger partial charge in [0.25, 0.3) is 0 Å². The molecule has 0 radical (unpaired) electrons. The summed E-state index contributed by atoms with van der Waals surface area (Å²) in [7, 11) is 4.28. The lowest BCUT2D eigenvalue weighted by Gasteiger charge is -2.00. The van der Waals surface area contributed by atoms with Gasteiger partial charge in [-0.1, -0.05) is 18.2 Å². The molecule has 1 aromatic carbocycles. The van der Waals surface area contributed by atoms with Crippen molar-refractivity contribution in [2.75, 3.05) is 7.11 Å². The molecule has 0 N–H and O–H groups in total. The van der Waals surface area contributed by atoms with Crippen LogP contribution in [0.3, 0.4) is 0 Å². The summed E-state index contributed by atoms with van der Waals surface area (Å²) < 4.78 is 5.02. The van der Waals surface area contributed by atoms with Gasteiger partial charge in [0.1, 0.15) is 5.75 Å². The summed E-state index contributed by atoms with van der Waals surface area (Å²) in [5, 5.41) is 1.10. The second kappa shape index (κ2) is 4.54. The molecule has 0 fully saturated rings. The Morgan fingerprint density at radius 2 is 1.90 bits per heavy atom. The second-order valence-electron chi connectivity index (χ2n) is 1.74. The largest absolute Gasteiger partial charge is 0.496 e. The number of ether oxygens (including phenoxy) is 1. The van der Waals surface area contributed by atoms with E-state index in [2.05, 4.69) is 9.24 Å². The average molecular weight is 177 g/mol. The van der Waals surface area contributed by atoms with E-state index < -0.39 is 0 Å². The number of hydrogen-bond donors (Lipinski definition) is 0. The van der Waals surface area contributed by atoms with E-state index in [1.54, 1.807) is 7.11 Å². The zero-order valence-electron chi connectivity index (χ0n) is 5.70. The van der Waals surface area contributed by atoms with Crippen molar-refractivity contribution in [1.29, 1.82) is 0 Å². The molecule has 0 saturated carbocycles. The molecule has 10 heavy (non-hydrogen) atoms. The van der Waals surface area contributed by atoms with Crippen molar-refractivity contribution < 1.29 is 4.74 Å². The van der Waals surface area contributed by atoms with Crippen molar-refractivity contribution in [2.45, 2.75) is 0 Å². The van der Waals surface area contributed by atoms with Gasteiger partial charge in [-0.3, -0.25) is 0 Å². The van der Waals surface area contributed by atoms with Crippen LogP contribution >= 0.6 is 21.6 Å². The standard InChI is InChI=1S/C7H9OP.ClH/c1-8-6-4-2-3-5-7(6)9;/h2-5H,9H2,1H3;1H. The van der Waals surface area contributed by atoms with Gasteiger partial charge < -0.3 is 4.74 Å². The fourth-order valence-corrected chi connectivity index (χ4v) is 0.992. The van der Waals surface area contributed by atoms with E-state index in [0.717, 1.165) is 11.1 Å². The third-order valence-electron chi connectivity index (χ3n) is 1.14. The van der Waals surface area contributed by atoms with E-state index in [-0.39, 0.29) is 12.4 Å². The van der Waals surface area contributed by atoms with Crippen molar-refractivity contribution in [3.63, 3.8) is 0 Å². The SMILES string of the molecule is COc1ccccc1P.Cl. The molecule has 0 amide bonds. The maximum atomic E-state index is 5.02. The number of hydrogen-bond acceptors (Lipinski definition) is 1. The predicted octanol–water partition coefficient (Wildman–Crippen LogP) is 1.62. The van der Waals surface area contributed by atoms with E-state index in [0.29, 0.717) is 0 Å². The first-order chi connectivity index (χ1) is 4.34. The molecule has 0 aliphatic rings. The molecule has 0 aliphatic carbocycles. The third-order valence-corrected chi connectivity index (χ3v) is 1.62. The first-order valence-corrected chi connectivity index (χ1v) is 3.31. The lowest BCUT2D eigenvalue weighted by molar-refractivity contribution is 0.418. The van der Waals surface area contributed by atoms with Crippen LogP contribution in [0, 0.1) is 0 Å². The first kappa shape index (κ1) is 9.74. The highest BCUT2D eigenvalue weighted by Gasteiger charge is 1.91. The van der Waals surface area contributed by atoms with Gasteiger partial charge in [-0.25, -0.2) is 0 Å².